The number of rotatable bonds is 8. The van der Waals surface area contributed by atoms with Crippen LogP contribution in [0.2, 0.25) is 0 Å². The first-order valence-corrected chi connectivity index (χ1v) is 11.8. The second-order valence-electron chi connectivity index (χ2n) is 9.12. The van der Waals surface area contributed by atoms with Crippen LogP contribution in [0.1, 0.15) is 60.4 Å². The summed E-state index contributed by atoms with van der Waals surface area (Å²) in [4.78, 5) is 22.9. The number of ether oxygens (including phenoxy) is 2. The number of amides is 1. The number of hydrogen-bond donors (Lipinski definition) is 2. The van der Waals surface area contributed by atoms with Crippen LogP contribution < -0.4 is 11.1 Å². The summed E-state index contributed by atoms with van der Waals surface area (Å²) >= 11 is 0. The van der Waals surface area contributed by atoms with Crippen LogP contribution in [0.4, 0.5) is 27.8 Å². The number of aromatic nitrogens is 2. The highest BCUT2D eigenvalue weighted by Crippen LogP contribution is 2.37. The molecule has 3 heterocycles. The molecule has 0 aliphatic carbocycles. The van der Waals surface area contributed by atoms with Crippen LogP contribution in [0.15, 0.2) is 18.2 Å². The van der Waals surface area contributed by atoms with Crippen LogP contribution in [0.3, 0.4) is 0 Å². The number of carbonyl (C=O) groups is 1. The average Bonchev–Trinajstić information content (AvgIpc) is 3.33. The summed E-state index contributed by atoms with van der Waals surface area (Å²) in [6, 6.07) is 2.65. The quantitative estimate of drug-likeness (QED) is 0.502. The number of carbonyl (C=O) groups excluding carboxylic acids is 1. The summed E-state index contributed by atoms with van der Waals surface area (Å²) in [5.74, 6) is -5.92. The number of anilines is 1. The summed E-state index contributed by atoms with van der Waals surface area (Å²) in [7, 11) is 1.43. The number of alkyl halides is 4. The van der Waals surface area contributed by atoms with Gasteiger partial charge in [-0.2, -0.15) is 8.78 Å². The first-order valence-electron chi connectivity index (χ1n) is 11.8. The third kappa shape index (κ3) is 5.12. The van der Waals surface area contributed by atoms with E-state index in [2.05, 4.69) is 15.3 Å². The lowest BCUT2D eigenvalue weighted by Gasteiger charge is -2.37. The van der Waals surface area contributed by atoms with E-state index in [4.69, 9.17) is 15.2 Å². The second-order valence-corrected chi connectivity index (χ2v) is 9.12. The van der Waals surface area contributed by atoms with E-state index in [1.165, 1.54) is 31.1 Å². The summed E-state index contributed by atoms with van der Waals surface area (Å²) in [6.45, 7) is 1.02. The lowest BCUT2D eigenvalue weighted by Crippen LogP contribution is -2.51. The molecule has 0 bridgehead atoms. The standard InChI is InChI=1S/C24H28F5N5O3/c1-13(14-4-3-5-15(18(14)25)19(26)27)31-20-16-10-34(22(35)23(36-2)6-8-37-9-7-23)11-17(16)32-21(33-20)24(28,29)12-30/h3-5,13,19H,6-12,30H2,1-2H3,(H,31,32,33)/t13-/m1/s1. The number of benzene rings is 1. The first kappa shape index (κ1) is 27.1. The Kier molecular flexibility index (Phi) is 7.67. The molecule has 1 saturated heterocycles. The molecule has 0 unspecified atom stereocenters. The van der Waals surface area contributed by atoms with Crippen molar-refractivity contribution >= 4 is 11.7 Å². The number of hydrogen-bond acceptors (Lipinski definition) is 7. The van der Waals surface area contributed by atoms with Crippen molar-refractivity contribution in [3.05, 3.63) is 52.2 Å². The number of fused-ring (bicyclic) bond motifs is 1. The van der Waals surface area contributed by atoms with E-state index < -0.39 is 47.7 Å². The monoisotopic (exact) mass is 529 g/mol. The van der Waals surface area contributed by atoms with E-state index in [1.54, 1.807) is 0 Å². The molecule has 8 nitrogen and oxygen atoms in total. The fourth-order valence-corrected chi connectivity index (χ4v) is 4.62. The van der Waals surface area contributed by atoms with E-state index >= 15 is 0 Å². The average molecular weight is 530 g/mol. The molecule has 3 N–H and O–H groups in total. The van der Waals surface area contributed by atoms with Gasteiger partial charge in [0.25, 0.3) is 12.3 Å². The molecule has 4 rings (SSSR count). The van der Waals surface area contributed by atoms with Crippen LogP contribution in [-0.2, 0) is 33.3 Å². The first-order chi connectivity index (χ1) is 17.5. The highest BCUT2D eigenvalue weighted by Gasteiger charge is 2.45. The Bertz CT molecular complexity index is 1160. The van der Waals surface area contributed by atoms with Crippen molar-refractivity contribution in [2.75, 3.05) is 32.2 Å². The van der Waals surface area contributed by atoms with Crippen molar-refractivity contribution in [3.63, 3.8) is 0 Å². The fourth-order valence-electron chi connectivity index (χ4n) is 4.62. The molecule has 2 aliphatic rings. The predicted octanol–water partition coefficient (Wildman–Crippen LogP) is 3.81. The largest absolute Gasteiger partial charge is 0.381 e. The summed E-state index contributed by atoms with van der Waals surface area (Å²) in [6.07, 6.45) is -2.36. The van der Waals surface area contributed by atoms with E-state index in [-0.39, 0.29) is 36.1 Å². The molecule has 0 saturated carbocycles. The van der Waals surface area contributed by atoms with Gasteiger partial charge < -0.3 is 25.4 Å². The molecule has 2 aliphatic heterocycles. The van der Waals surface area contributed by atoms with Gasteiger partial charge in [0.1, 0.15) is 11.6 Å². The van der Waals surface area contributed by atoms with Crippen molar-refractivity contribution in [2.24, 2.45) is 5.73 Å². The molecule has 0 radical (unpaired) electrons. The molecule has 2 aromatic rings. The van der Waals surface area contributed by atoms with Crippen LogP contribution >= 0.6 is 0 Å². The van der Waals surface area contributed by atoms with Gasteiger partial charge in [0.15, 0.2) is 5.60 Å². The number of halogens is 5. The van der Waals surface area contributed by atoms with Crippen molar-refractivity contribution in [1.82, 2.24) is 14.9 Å². The van der Waals surface area contributed by atoms with Crippen LogP contribution in [0.25, 0.3) is 0 Å². The molecule has 1 atom stereocenters. The number of nitrogens with zero attached hydrogens (tertiary/aromatic N) is 3. The highest BCUT2D eigenvalue weighted by molar-refractivity contribution is 5.86. The Balaban J connectivity index is 1.69. The van der Waals surface area contributed by atoms with E-state index in [9.17, 15) is 26.7 Å². The van der Waals surface area contributed by atoms with Crippen LogP contribution in [0, 0.1) is 5.82 Å². The van der Waals surface area contributed by atoms with Gasteiger partial charge in [-0.25, -0.2) is 23.1 Å². The zero-order valence-corrected chi connectivity index (χ0v) is 20.4. The third-order valence-corrected chi connectivity index (χ3v) is 6.85. The maximum absolute atomic E-state index is 14.8. The van der Waals surface area contributed by atoms with E-state index in [0.29, 0.717) is 31.6 Å². The number of nitrogens with one attached hydrogen (secondary N) is 1. The lowest BCUT2D eigenvalue weighted by atomic mass is 9.92. The van der Waals surface area contributed by atoms with Gasteiger partial charge in [-0.1, -0.05) is 18.2 Å². The second kappa shape index (κ2) is 10.5. The Morgan fingerprint density at radius 3 is 2.54 bits per heavy atom. The summed E-state index contributed by atoms with van der Waals surface area (Å²) in [5, 5.41) is 2.87. The van der Waals surface area contributed by atoms with Crippen LogP contribution in [0.5, 0.6) is 0 Å². The van der Waals surface area contributed by atoms with E-state index in [1.807, 2.05) is 0 Å². The summed E-state index contributed by atoms with van der Waals surface area (Å²) in [5.41, 5.74) is 3.80. The number of methoxy groups -OCH3 is 1. The van der Waals surface area contributed by atoms with Crippen molar-refractivity contribution < 1.29 is 36.2 Å². The molecule has 37 heavy (non-hydrogen) atoms. The smallest absolute Gasteiger partial charge is 0.318 e. The van der Waals surface area contributed by atoms with Gasteiger partial charge in [0.2, 0.25) is 5.82 Å². The minimum Gasteiger partial charge on any atom is -0.381 e. The topological polar surface area (TPSA) is 103 Å². The van der Waals surface area contributed by atoms with Crippen LogP contribution in [-0.4, -0.2) is 53.2 Å². The maximum Gasteiger partial charge on any atom is 0.318 e. The van der Waals surface area contributed by atoms with Gasteiger partial charge in [-0.3, -0.25) is 4.79 Å². The van der Waals surface area contributed by atoms with Crippen molar-refractivity contribution in [2.45, 2.75) is 56.8 Å². The molecule has 13 heteroatoms. The van der Waals surface area contributed by atoms with Gasteiger partial charge in [-0.05, 0) is 6.92 Å². The SMILES string of the molecule is COC1(C(=O)N2Cc3nc(C(F)(F)CN)nc(N[C@H](C)c4cccc(C(F)F)c4F)c3C2)CCOCC1. The Morgan fingerprint density at radius 1 is 1.24 bits per heavy atom. The molecule has 202 valence electrons. The molecule has 0 spiro atoms. The predicted molar refractivity (Wildman–Crippen MR) is 122 cm³/mol. The minimum absolute atomic E-state index is 0.0107. The Labute approximate surface area is 210 Å². The molecular formula is C24H28F5N5O3. The molecule has 1 amide bonds. The third-order valence-electron chi connectivity index (χ3n) is 6.85. The van der Waals surface area contributed by atoms with Gasteiger partial charge in [0, 0.05) is 44.3 Å². The molecule has 1 aromatic heterocycles. The lowest BCUT2D eigenvalue weighted by molar-refractivity contribution is -0.167. The maximum atomic E-state index is 14.8. The molecule has 1 fully saturated rings. The van der Waals surface area contributed by atoms with Gasteiger partial charge in [-0.15, -0.1) is 0 Å². The van der Waals surface area contributed by atoms with Crippen molar-refractivity contribution in [3.8, 4) is 0 Å². The normalized spacial score (nSPS) is 18.1. The zero-order chi connectivity index (χ0) is 27.0. The number of nitrogens with two attached hydrogens (primary N) is 1. The molecular weight excluding hydrogens is 501 g/mol. The molecule has 1 aromatic carbocycles. The van der Waals surface area contributed by atoms with Gasteiger partial charge >= 0.3 is 5.92 Å². The van der Waals surface area contributed by atoms with Gasteiger partial charge in [0.05, 0.1) is 36.9 Å². The Morgan fingerprint density at radius 2 is 1.92 bits per heavy atom. The summed E-state index contributed by atoms with van der Waals surface area (Å²) < 4.78 is 81.1. The zero-order valence-electron chi connectivity index (χ0n) is 20.4. The van der Waals surface area contributed by atoms with E-state index in [0.717, 1.165) is 6.07 Å². The van der Waals surface area contributed by atoms with Crippen molar-refractivity contribution in [1.29, 1.82) is 0 Å². The highest BCUT2D eigenvalue weighted by atomic mass is 19.3. The minimum atomic E-state index is -3.57. The fraction of sp³-hybridized carbons (Fsp3) is 0.542. The Hall–Kier alpha value is -2.90.